The summed E-state index contributed by atoms with van der Waals surface area (Å²) in [6.45, 7) is 4.88. The third-order valence-electron chi connectivity index (χ3n) is 3.60. The van der Waals surface area contributed by atoms with E-state index >= 15 is 0 Å². The lowest BCUT2D eigenvalue weighted by molar-refractivity contribution is -0.0768. The first kappa shape index (κ1) is 19.8. The van der Waals surface area contributed by atoms with Gasteiger partial charge in [0.2, 0.25) is 7.37 Å². The predicted molar refractivity (Wildman–Crippen MR) is 90.9 cm³/mol. The van der Waals surface area contributed by atoms with Crippen LogP contribution in [-0.4, -0.2) is 52.6 Å². The highest BCUT2D eigenvalue weighted by Gasteiger charge is 2.46. The summed E-state index contributed by atoms with van der Waals surface area (Å²) >= 11 is 0. The zero-order valence-electron chi connectivity index (χ0n) is 14.5. The first-order chi connectivity index (χ1) is 11.6. The van der Waals surface area contributed by atoms with Crippen molar-refractivity contribution >= 4 is 7.37 Å². The van der Waals surface area contributed by atoms with Crippen LogP contribution in [0.1, 0.15) is 20.1 Å². The van der Waals surface area contributed by atoms with Gasteiger partial charge in [0.05, 0.1) is 6.10 Å². The summed E-state index contributed by atoms with van der Waals surface area (Å²) in [7, 11) is -1.93. The van der Waals surface area contributed by atoms with Gasteiger partial charge in [-0.2, -0.15) is 0 Å². The van der Waals surface area contributed by atoms with Gasteiger partial charge in [-0.25, -0.2) is 4.79 Å². The number of aromatic nitrogens is 2. The molecule has 9 nitrogen and oxygen atoms in total. The van der Waals surface area contributed by atoms with Gasteiger partial charge in [0.15, 0.2) is 6.23 Å². The molecule has 3 unspecified atom stereocenters. The molecule has 0 amide bonds. The Hall–Kier alpha value is -1.51. The van der Waals surface area contributed by atoms with Crippen LogP contribution in [0.3, 0.4) is 0 Å². The first-order valence-corrected chi connectivity index (χ1v) is 9.94. The monoisotopic (exact) mass is 374 g/mol. The predicted octanol–water partition coefficient (Wildman–Crippen LogP) is 0.656. The van der Waals surface area contributed by atoms with Crippen LogP contribution in [0.25, 0.3) is 0 Å². The molecule has 0 bridgehead atoms. The van der Waals surface area contributed by atoms with Gasteiger partial charge in [0.25, 0.3) is 5.56 Å². The van der Waals surface area contributed by atoms with Crippen LogP contribution >= 0.6 is 7.37 Å². The number of hydrogen-bond acceptors (Lipinski definition) is 6. The summed E-state index contributed by atoms with van der Waals surface area (Å²) in [6.07, 6.45) is -0.216. The third kappa shape index (κ3) is 4.99. The highest BCUT2D eigenvalue weighted by Crippen LogP contribution is 2.39. The topological polar surface area (TPSA) is 120 Å². The third-order valence-corrected chi connectivity index (χ3v) is 4.33. The highest BCUT2D eigenvalue weighted by molar-refractivity contribution is 7.60. The Morgan fingerprint density at radius 1 is 1.40 bits per heavy atom. The fraction of sp³-hybridized carbons (Fsp3) is 0.600. The van der Waals surface area contributed by atoms with Gasteiger partial charge in [-0.3, -0.25) is 18.9 Å². The maximum absolute atomic E-state index is 12.1. The smallest absolute Gasteiger partial charge is 0.330 e. The van der Waals surface area contributed by atoms with Crippen molar-refractivity contribution in [1.82, 2.24) is 9.55 Å². The van der Waals surface area contributed by atoms with Crippen molar-refractivity contribution in [2.24, 2.45) is 0 Å². The SMILES string of the molecule is COC1C(OC(C)C)[C@@H](/C=C/P(C)(=O)O)O[C@H]1n1ccc(=O)[nH]c1=O. The quantitative estimate of drug-likeness (QED) is 0.702. The van der Waals surface area contributed by atoms with Crippen LogP contribution in [-0.2, 0) is 18.8 Å². The van der Waals surface area contributed by atoms with Gasteiger partial charge in [0, 0.05) is 26.0 Å². The van der Waals surface area contributed by atoms with Gasteiger partial charge in [0.1, 0.15) is 18.3 Å². The summed E-state index contributed by atoms with van der Waals surface area (Å²) in [5.74, 6) is 1.17. The standard InChI is InChI=1S/C15H23N2O7P/c1-9(2)23-12-10(6-8-25(4,20)21)24-14(13(12)22-3)17-7-5-11(18)16-15(17)19/h5-10,12-14H,1-4H3,(H,20,21)(H,16,18,19)/b8-6+/t10-,12?,13?,14-/m1/s1. The normalized spacial score (nSPS) is 29.4. The molecule has 0 radical (unpaired) electrons. The molecule has 1 fully saturated rings. The Balaban J connectivity index is 2.41. The van der Waals surface area contributed by atoms with Crippen LogP contribution in [0, 0.1) is 0 Å². The van der Waals surface area contributed by atoms with Crippen molar-refractivity contribution in [3.8, 4) is 0 Å². The second-order valence-corrected chi connectivity index (χ2v) is 8.33. The molecule has 0 aliphatic carbocycles. The van der Waals surface area contributed by atoms with Crippen LogP contribution in [0.4, 0.5) is 0 Å². The average Bonchev–Trinajstić information content (AvgIpc) is 2.81. The van der Waals surface area contributed by atoms with E-state index in [9.17, 15) is 19.0 Å². The Morgan fingerprint density at radius 3 is 2.60 bits per heavy atom. The lowest BCUT2D eigenvalue weighted by Crippen LogP contribution is -2.40. The van der Waals surface area contributed by atoms with Crippen molar-refractivity contribution in [3.63, 3.8) is 0 Å². The minimum atomic E-state index is -3.39. The van der Waals surface area contributed by atoms with Crippen molar-refractivity contribution < 1.29 is 23.7 Å². The molecule has 140 valence electrons. The van der Waals surface area contributed by atoms with Crippen LogP contribution in [0.5, 0.6) is 0 Å². The summed E-state index contributed by atoms with van der Waals surface area (Å²) in [5.41, 5.74) is -1.16. The van der Waals surface area contributed by atoms with Crippen LogP contribution < -0.4 is 11.2 Å². The molecule has 1 aromatic rings. The van der Waals surface area contributed by atoms with Crippen molar-refractivity contribution in [1.29, 1.82) is 0 Å². The number of nitrogens with one attached hydrogen (secondary N) is 1. The Bertz CT molecular complexity index is 779. The molecular formula is C15H23N2O7P. The van der Waals surface area contributed by atoms with E-state index < -0.39 is 43.2 Å². The summed E-state index contributed by atoms with van der Waals surface area (Å²) in [5, 5.41) is 0. The molecular weight excluding hydrogens is 351 g/mol. The van der Waals surface area contributed by atoms with Crippen molar-refractivity contribution in [2.75, 3.05) is 13.8 Å². The number of hydrogen-bond donors (Lipinski definition) is 2. The zero-order valence-corrected chi connectivity index (χ0v) is 15.4. The van der Waals surface area contributed by atoms with Crippen LogP contribution in [0.2, 0.25) is 0 Å². The highest BCUT2D eigenvalue weighted by atomic mass is 31.2. The number of rotatable bonds is 6. The molecule has 0 spiro atoms. The minimum Gasteiger partial charge on any atom is -0.374 e. The van der Waals surface area contributed by atoms with E-state index in [1.165, 1.54) is 42.5 Å². The van der Waals surface area contributed by atoms with E-state index in [1.807, 2.05) is 13.8 Å². The van der Waals surface area contributed by atoms with Crippen LogP contribution in [0.15, 0.2) is 33.7 Å². The molecule has 2 rings (SSSR count). The van der Waals surface area contributed by atoms with Crippen molar-refractivity contribution in [2.45, 2.75) is 44.5 Å². The zero-order chi connectivity index (χ0) is 18.8. The molecule has 25 heavy (non-hydrogen) atoms. The number of methoxy groups -OCH3 is 1. The Kier molecular flexibility index (Phi) is 6.18. The van der Waals surface area contributed by atoms with E-state index in [-0.39, 0.29) is 6.10 Å². The molecule has 5 atom stereocenters. The lowest BCUT2D eigenvalue weighted by atomic mass is 10.1. The van der Waals surface area contributed by atoms with Gasteiger partial charge in [-0.15, -0.1) is 0 Å². The Morgan fingerprint density at radius 2 is 2.08 bits per heavy atom. The molecule has 0 aromatic carbocycles. The molecule has 2 heterocycles. The summed E-state index contributed by atoms with van der Waals surface area (Å²) in [6, 6.07) is 1.20. The second-order valence-electron chi connectivity index (χ2n) is 6.14. The number of H-pyrrole nitrogens is 1. The van der Waals surface area contributed by atoms with Gasteiger partial charge < -0.3 is 19.1 Å². The maximum Gasteiger partial charge on any atom is 0.330 e. The maximum atomic E-state index is 12.1. The number of nitrogens with zero attached hydrogens (tertiary/aromatic N) is 1. The van der Waals surface area contributed by atoms with E-state index in [4.69, 9.17) is 14.2 Å². The molecule has 1 saturated heterocycles. The molecule has 2 N–H and O–H groups in total. The number of ether oxygens (including phenoxy) is 3. The van der Waals surface area contributed by atoms with Gasteiger partial charge in [-0.1, -0.05) is 0 Å². The van der Waals surface area contributed by atoms with E-state index in [0.717, 1.165) is 0 Å². The summed E-state index contributed by atoms with van der Waals surface area (Å²) in [4.78, 5) is 35.0. The second kappa shape index (κ2) is 7.80. The molecule has 1 aliphatic heterocycles. The van der Waals surface area contributed by atoms with E-state index in [1.54, 1.807) is 0 Å². The molecule has 0 saturated carbocycles. The largest absolute Gasteiger partial charge is 0.374 e. The lowest BCUT2D eigenvalue weighted by Gasteiger charge is -2.24. The molecule has 1 aromatic heterocycles. The minimum absolute atomic E-state index is 0.157. The fourth-order valence-corrected chi connectivity index (χ4v) is 3.12. The molecule has 10 heteroatoms. The summed E-state index contributed by atoms with van der Waals surface area (Å²) < 4.78 is 29.9. The molecule has 1 aliphatic rings. The Labute approximate surface area is 144 Å². The average molecular weight is 374 g/mol. The first-order valence-electron chi connectivity index (χ1n) is 7.77. The van der Waals surface area contributed by atoms with Gasteiger partial charge >= 0.3 is 5.69 Å². The van der Waals surface area contributed by atoms with Crippen molar-refractivity contribution in [3.05, 3.63) is 45.0 Å². The fourth-order valence-electron chi connectivity index (χ4n) is 2.64. The number of aromatic amines is 1. The van der Waals surface area contributed by atoms with E-state index in [2.05, 4.69) is 4.98 Å². The van der Waals surface area contributed by atoms with E-state index in [0.29, 0.717) is 0 Å². The van der Waals surface area contributed by atoms with Gasteiger partial charge in [-0.05, 0) is 25.7 Å².